The number of benzene rings is 1. The van der Waals surface area contributed by atoms with Crippen molar-refractivity contribution in [3.63, 3.8) is 0 Å². The Morgan fingerprint density at radius 1 is 1.16 bits per heavy atom. The molecule has 7 heteroatoms. The van der Waals surface area contributed by atoms with Crippen LogP contribution in [0, 0.1) is 0 Å². The van der Waals surface area contributed by atoms with Crippen molar-refractivity contribution in [1.82, 2.24) is 4.72 Å². The first kappa shape index (κ1) is 15.7. The molecule has 19 heavy (non-hydrogen) atoms. The lowest BCUT2D eigenvalue weighted by Crippen LogP contribution is -2.26. The van der Waals surface area contributed by atoms with Crippen molar-refractivity contribution >= 4 is 10.0 Å². The van der Waals surface area contributed by atoms with Crippen molar-refractivity contribution in [3.05, 3.63) is 18.2 Å². The van der Waals surface area contributed by atoms with Gasteiger partial charge >= 0.3 is 0 Å². The number of rotatable bonds is 8. The van der Waals surface area contributed by atoms with E-state index in [1.165, 1.54) is 12.1 Å². The van der Waals surface area contributed by atoms with E-state index in [4.69, 9.17) is 14.6 Å². The fraction of sp³-hybridized carbons (Fsp3) is 0.500. The number of hydrogen-bond acceptors (Lipinski definition) is 5. The van der Waals surface area contributed by atoms with E-state index in [1.54, 1.807) is 13.0 Å². The summed E-state index contributed by atoms with van der Waals surface area (Å²) >= 11 is 0. The van der Waals surface area contributed by atoms with Crippen molar-refractivity contribution < 1.29 is 23.0 Å². The molecule has 0 aromatic heterocycles. The first-order valence-electron chi connectivity index (χ1n) is 6.05. The summed E-state index contributed by atoms with van der Waals surface area (Å²) in [6, 6.07) is 4.41. The summed E-state index contributed by atoms with van der Waals surface area (Å²) in [5.74, 6) is 0.890. The molecule has 1 aromatic carbocycles. The third-order valence-electron chi connectivity index (χ3n) is 2.23. The van der Waals surface area contributed by atoms with Crippen LogP contribution in [0.4, 0.5) is 0 Å². The summed E-state index contributed by atoms with van der Waals surface area (Å²) in [6.07, 6.45) is 0. The second-order valence-electron chi connectivity index (χ2n) is 3.60. The van der Waals surface area contributed by atoms with Crippen LogP contribution in [0.5, 0.6) is 11.5 Å². The van der Waals surface area contributed by atoms with Gasteiger partial charge in [0, 0.05) is 12.6 Å². The molecule has 0 unspecified atom stereocenters. The summed E-state index contributed by atoms with van der Waals surface area (Å²) < 4.78 is 36.8. The quantitative estimate of drug-likeness (QED) is 0.738. The van der Waals surface area contributed by atoms with Gasteiger partial charge in [0.15, 0.2) is 11.5 Å². The average molecular weight is 289 g/mol. The second kappa shape index (κ2) is 7.32. The summed E-state index contributed by atoms with van der Waals surface area (Å²) in [4.78, 5) is 0.0767. The van der Waals surface area contributed by atoms with Crippen LogP contribution in [-0.2, 0) is 10.0 Å². The minimum absolute atomic E-state index is 0.0283. The van der Waals surface area contributed by atoms with E-state index < -0.39 is 10.0 Å². The van der Waals surface area contributed by atoms with E-state index in [1.807, 2.05) is 6.92 Å². The van der Waals surface area contributed by atoms with Gasteiger partial charge in [0.2, 0.25) is 10.0 Å². The highest BCUT2D eigenvalue weighted by Gasteiger charge is 2.16. The maximum absolute atomic E-state index is 11.9. The van der Waals surface area contributed by atoms with E-state index >= 15 is 0 Å². The minimum atomic E-state index is -3.64. The predicted octanol–water partition coefficient (Wildman–Crippen LogP) is 0.755. The highest BCUT2D eigenvalue weighted by molar-refractivity contribution is 7.89. The Kier molecular flexibility index (Phi) is 6.07. The van der Waals surface area contributed by atoms with Gasteiger partial charge in [-0.1, -0.05) is 0 Å². The lowest BCUT2D eigenvalue weighted by atomic mass is 10.3. The van der Waals surface area contributed by atoms with Gasteiger partial charge in [-0.25, -0.2) is 13.1 Å². The Hall–Kier alpha value is -1.31. The summed E-state index contributed by atoms with van der Waals surface area (Å²) in [6.45, 7) is 4.24. The van der Waals surface area contributed by atoms with Crippen LogP contribution in [-0.4, -0.2) is 39.9 Å². The average Bonchev–Trinajstić information content (AvgIpc) is 2.39. The first-order valence-corrected chi connectivity index (χ1v) is 7.53. The molecule has 1 rings (SSSR count). The number of ether oxygens (including phenoxy) is 2. The molecule has 108 valence electrons. The standard InChI is InChI=1S/C12H19NO5S/c1-3-17-11-6-5-10(9-12(11)18-4-2)19(15,16)13-7-8-14/h5-6,9,13-14H,3-4,7-8H2,1-2H3. The zero-order chi connectivity index (χ0) is 14.3. The largest absolute Gasteiger partial charge is 0.490 e. The predicted molar refractivity (Wildman–Crippen MR) is 71.1 cm³/mol. The molecule has 2 N–H and O–H groups in total. The molecule has 0 fully saturated rings. The van der Waals surface area contributed by atoms with Gasteiger partial charge in [0.05, 0.1) is 24.7 Å². The van der Waals surface area contributed by atoms with Crippen molar-refractivity contribution in [2.75, 3.05) is 26.4 Å². The van der Waals surface area contributed by atoms with Crippen molar-refractivity contribution in [2.45, 2.75) is 18.7 Å². The van der Waals surface area contributed by atoms with Crippen molar-refractivity contribution in [3.8, 4) is 11.5 Å². The number of nitrogens with one attached hydrogen (secondary N) is 1. The highest BCUT2D eigenvalue weighted by Crippen LogP contribution is 2.30. The van der Waals surface area contributed by atoms with Crippen LogP contribution in [0.2, 0.25) is 0 Å². The topological polar surface area (TPSA) is 84.9 Å². The number of sulfonamides is 1. The Morgan fingerprint density at radius 2 is 1.79 bits per heavy atom. The molecule has 0 heterocycles. The molecule has 1 aromatic rings. The number of hydrogen-bond donors (Lipinski definition) is 2. The summed E-state index contributed by atoms with van der Waals surface area (Å²) in [5.41, 5.74) is 0. The zero-order valence-electron chi connectivity index (χ0n) is 11.0. The molecule has 0 spiro atoms. The molecule has 0 aliphatic carbocycles. The molecule has 0 saturated carbocycles. The Bertz CT molecular complexity index is 501. The van der Waals surface area contributed by atoms with Crippen LogP contribution in [0.15, 0.2) is 23.1 Å². The molecular formula is C12H19NO5S. The maximum Gasteiger partial charge on any atom is 0.240 e. The van der Waals surface area contributed by atoms with E-state index in [0.29, 0.717) is 24.7 Å². The summed E-state index contributed by atoms with van der Waals surface area (Å²) in [7, 11) is -3.64. The molecule has 0 saturated heterocycles. The van der Waals surface area contributed by atoms with Gasteiger partial charge in [-0.3, -0.25) is 0 Å². The normalized spacial score (nSPS) is 11.3. The van der Waals surface area contributed by atoms with E-state index in [2.05, 4.69) is 4.72 Å². The van der Waals surface area contributed by atoms with Crippen LogP contribution in [0.1, 0.15) is 13.8 Å². The van der Waals surface area contributed by atoms with Gasteiger partial charge < -0.3 is 14.6 Å². The third kappa shape index (κ3) is 4.38. The summed E-state index contributed by atoms with van der Waals surface area (Å²) in [5, 5.41) is 8.66. The Balaban J connectivity index is 3.06. The van der Waals surface area contributed by atoms with E-state index in [0.717, 1.165) is 0 Å². The fourth-order valence-electron chi connectivity index (χ4n) is 1.46. The molecule has 0 aliphatic heterocycles. The monoisotopic (exact) mass is 289 g/mol. The van der Waals surface area contributed by atoms with E-state index in [-0.39, 0.29) is 18.0 Å². The van der Waals surface area contributed by atoms with Gasteiger partial charge in [-0.15, -0.1) is 0 Å². The molecule has 0 amide bonds. The van der Waals surface area contributed by atoms with Gasteiger partial charge in [-0.05, 0) is 26.0 Å². The lowest BCUT2D eigenvalue weighted by molar-refractivity contribution is 0.287. The smallest absolute Gasteiger partial charge is 0.240 e. The van der Waals surface area contributed by atoms with Crippen LogP contribution < -0.4 is 14.2 Å². The van der Waals surface area contributed by atoms with Crippen LogP contribution >= 0.6 is 0 Å². The molecule has 0 aliphatic rings. The van der Waals surface area contributed by atoms with Crippen LogP contribution in [0.3, 0.4) is 0 Å². The number of aliphatic hydroxyl groups excluding tert-OH is 1. The SMILES string of the molecule is CCOc1ccc(S(=O)(=O)NCCO)cc1OCC. The Morgan fingerprint density at radius 3 is 2.37 bits per heavy atom. The van der Waals surface area contributed by atoms with Crippen molar-refractivity contribution in [1.29, 1.82) is 0 Å². The maximum atomic E-state index is 11.9. The zero-order valence-corrected chi connectivity index (χ0v) is 11.9. The van der Waals surface area contributed by atoms with Crippen molar-refractivity contribution in [2.24, 2.45) is 0 Å². The highest BCUT2D eigenvalue weighted by atomic mass is 32.2. The third-order valence-corrected chi connectivity index (χ3v) is 3.69. The second-order valence-corrected chi connectivity index (χ2v) is 5.36. The minimum Gasteiger partial charge on any atom is -0.490 e. The number of aliphatic hydroxyl groups is 1. The van der Waals surface area contributed by atoms with Gasteiger partial charge in [-0.2, -0.15) is 0 Å². The van der Waals surface area contributed by atoms with E-state index in [9.17, 15) is 8.42 Å². The molecule has 0 atom stereocenters. The molecule has 6 nitrogen and oxygen atoms in total. The van der Waals surface area contributed by atoms with Crippen LogP contribution in [0.25, 0.3) is 0 Å². The molecule has 0 bridgehead atoms. The molecule has 0 radical (unpaired) electrons. The first-order chi connectivity index (χ1) is 9.05. The Labute approximate surface area is 113 Å². The van der Waals surface area contributed by atoms with Gasteiger partial charge in [0.1, 0.15) is 0 Å². The lowest BCUT2D eigenvalue weighted by Gasteiger charge is -2.12. The fourth-order valence-corrected chi connectivity index (χ4v) is 2.50. The van der Waals surface area contributed by atoms with Gasteiger partial charge in [0.25, 0.3) is 0 Å². The molecular weight excluding hydrogens is 270 g/mol.